The molecule has 0 aliphatic heterocycles. The van der Waals surface area contributed by atoms with E-state index in [0.717, 1.165) is 28.7 Å². The molecule has 0 aliphatic rings. The lowest BCUT2D eigenvalue weighted by atomic mass is 10.0. The first-order valence-electron chi connectivity index (χ1n) is 7.75. The molecule has 1 atom stereocenters. The van der Waals surface area contributed by atoms with Crippen molar-refractivity contribution in [3.8, 4) is 5.75 Å². The van der Waals surface area contributed by atoms with Crippen LogP contribution in [0.5, 0.6) is 5.75 Å². The summed E-state index contributed by atoms with van der Waals surface area (Å²) in [6.07, 6.45) is 0.798. The molecule has 0 radical (unpaired) electrons. The van der Waals surface area contributed by atoms with Gasteiger partial charge in [-0.25, -0.2) is 4.79 Å². The number of hydrogen-bond acceptors (Lipinski definition) is 4. The van der Waals surface area contributed by atoms with E-state index in [9.17, 15) is 4.79 Å². The zero-order valence-electron chi connectivity index (χ0n) is 14.0. The number of benzene rings is 1. The molecular weight excluding hydrogens is 278 g/mol. The van der Waals surface area contributed by atoms with E-state index in [-0.39, 0.29) is 11.7 Å². The molecule has 2 N–H and O–H groups in total. The number of aryl methyl sites for hydroxylation is 2. The van der Waals surface area contributed by atoms with Crippen LogP contribution < -0.4 is 16.1 Å². The maximum Gasteiger partial charge on any atom is 0.339 e. The highest BCUT2D eigenvalue weighted by atomic mass is 16.5. The lowest BCUT2D eigenvalue weighted by Crippen LogP contribution is -2.28. The SMILES string of the molecule is Cc1c(C)c2ccc(OCCC(N)C(C)C)c(C)c2oc1=O. The van der Waals surface area contributed by atoms with Gasteiger partial charge < -0.3 is 14.9 Å². The third-order valence-corrected chi connectivity index (χ3v) is 4.39. The predicted molar refractivity (Wildman–Crippen MR) is 89.6 cm³/mol. The average Bonchev–Trinajstić information content (AvgIpc) is 2.47. The third-order valence-electron chi connectivity index (χ3n) is 4.39. The van der Waals surface area contributed by atoms with Crippen molar-refractivity contribution in [1.82, 2.24) is 0 Å². The fourth-order valence-electron chi connectivity index (χ4n) is 2.42. The normalized spacial score (nSPS) is 12.9. The van der Waals surface area contributed by atoms with Gasteiger partial charge in [-0.2, -0.15) is 0 Å². The van der Waals surface area contributed by atoms with Crippen LogP contribution in [-0.2, 0) is 0 Å². The summed E-state index contributed by atoms with van der Waals surface area (Å²) in [5.41, 5.74) is 8.82. The molecule has 0 bridgehead atoms. The maximum absolute atomic E-state index is 11.9. The van der Waals surface area contributed by atoms with Gasteiger partial charge in [0.05, 0.1) is 6.61 Å². The Morgan fingerprint density at radius 3 is 2.45 bits per heavy atom. The third kappa shape index (κ3) is 3.17. The summed E-state index contributed by atoms with van der Waals surface area (Å²) < 4.78 is 11.3. The Balaban J connectivity index is 2.28. The first kappa shape index (κ1) is 16.6. The largest absolute Gasteiger partial charge is 0.493 e. The van der Waals surface area contributed by atoms with E-state index >= 15 is 0 Å². The highest BCUT2D eigenvalue weighted by Crippen LogP contribution is 2.29. The summed E-state index contributed by atoms with van der Waals surface area (Å²) in [5, 5.41) is 0.959. The van der Waals surface area contributed by atoms with Crippen molar-refractivity contribution in [1.29, 1.82) is 0 Å². The molecule has 1 aromatic heterocycles. The standard InChI is InChI=1S/C18H25NO3/c1-10(2)15(19)8-9-21-16-7-6-14-11(3)12(4)18(20)22-17(14)13(16)5/h6-7,10,15H,8-9,19H2,1-5H3. The minimum absolute atomic E-state index is 0.128. The molecule has 0 aliphatic carbocycles. The molecule has 0 saturated heterocycles. The van der Waals surface area contributed by atoms with Crippen molar-refractivity contribution in [3.63, 3.8) is 0 Å². The number of ether oxygens (including phenoxy) is 1. The molecule has 2 rings (SSSR count). The van der Waals surface area contributed by atoms with E-state index in [1.807, 2.05) is 26.0 Å². The smallest absolute Gasteiger partial charge is 0.339 e. The van der Waals surface area contributed by atoms with Crippen LogP contribution in [0.4, 0.5) is 0 Å². The van der Waals surface area contributed by atoms with Crippen LogP contribution >= 0.6 is 0 Å². The first-order valence-corrected chi connectivity index (χ1v) is 7.75. The molecule has 0 saturated carbocycles. The highest BCUT2D eigenvalue weighted by molar-refractivity contribution is 5.85. The highest BCUT2D eigenvalue weighted by Gasteiger charge is 2.13. The molecule has 120 valence electrons. The quantitative estimate of drug-likeness (QED) is 0.859. The summed E-state index contributed by atoms with van der Waals surface area (Å²) >= 11 is 0. The average molecular weight is 303 g/mol. The molecule has 1 unspecified atom stereocenters. The van der Waals surface area contributed by atoms with Gasteiger partial charge in [-0.1, -0.05) is 13.8 Å². The molecule has 0 amide bonds. The van der Waals surface area contributed by atoms with Gasteiger partial charge in [0, 0.05) is 22.6 Å². The topological polar surface area (TPSA) is 65.5 Å². The minimum Gasteiger partial charge on any atom is -0.493 e. The fraction of sp³-hybridized carbons (Fsp3) is 0.500. The molecular formula is C18H25NO3. The summed E-state index contributed by atoms with van der Waals surface area (Å²) in [6.45, 7) is 10.4. The second-order valence-electron chi connectivity index (χ2n) is 6.25. The van der Waals surface area contributed by atoms with Crippen LogP contribution in [0.25, 0.3) is 11.0 Å². The van der Waals surface area contributed by atoms with Gasteiger partial charge in [-0.3, -0.25) is 0 Å². The van der Waals surface area contributed by atoms with Crippen molar-refractivity contribution >= 4 is 11.0 Å². The predicted octanol–water partition coefficient (Wildman–Crippen LogP) is 3.47. The Labute approximate surface area is 131 Å². The van der Waals surface area contributed by atoms with Gasteiger partial charge in [0.1, 0.15) is 11.3 Å². The Morgan fingerprint density at radius 1 is 1.14 bits per heavy atom. The fourth-order valence-corrected chi connectivity index (χ4v) is 2.42. The molecule has 4 nitrogen and oxygen atoms in total. The Morgan fingerprint density at radius 2 is 1.82 bits per heavy atom. The van der Waals surface area contributed by atoms with Crippen LogP contribution in [0, 0.1) is 26.7 Å². The van der Waals surface area contributed by atoms with E-state index in [0.29, 0.717) is 23.7 Å². The van der Waals surface area contributed by atoms with Crippen molar-refractivity contribution in [3.05, 3.63) is 39.2 Å². The number of fused-ring (bicyclic) bond motifs is 1. The summed E-state index contributed by atoms with van der Waals surface area (Å²) in [7, 11) is 0. The van der Waals surface area contributed by atoms with Gasteiger partial charge in [0.15, 0.2) is 0 Å². The molecule has 0 spiro atoms. The van der Waals surface area contributed by atoms with E-state index in [4.69, 9.17) is 14.9 Å². The molecule has 1 aromatic carbocycles. The minimum atomic E-state index is -0.285. The monoisotopic (exact) mass is 303 g/mol. The molecule has 4 heteroatoms. The van der Waals surface area contributed by atoms with E-state index in [1.165, 1.54) is 0 Å². The second-order valence-corrected chi connectivity index (χ2v) is 6.25. The van der Waals surface area contributed by atoms with Crippen LogP contribution in [0.2, 0.25) is 0 Å². The zero-order chi connectivity index (χ0) is 16.4. The van der Waals surface area contributed by atoms with Crippen LogP contribution in [-0.4, -0.2) is 12.6 Å². The van der Waals surface area contributed by atoms with Crippen molar-refractivity contribution < 1.29 is 9.15 Å². The maximum atomic E-state index is 11.9. The second kappa shape index (κ2) is 6.53. The van der Waals surface area contributed by atoms with E-state index in [2.05, 4.69) is 13.8 Å². The van der Waals surface area contributed by atoms with Gasteiger partial charge in [0.25, 0.3) is 0 Å². The number of hydrogen-bond donors (Lipinski definition) is 1. The van der Waals surface area contributed by atoms with Gasteiger partial charge in [0.2, 0.25) is 0 Å². The van der Waals surface area contributed by atoms with Gasteiger partial charge in [-0.05, 0) is 50.8 Å². The van der Waals surface area contributed by atoms with E-state index in [1.54, 1.807) is 6.92 Å². The number of rotatable bonds is 5. The lowest BCUT2D eigenvalue weighted by Gasteiger charge is -2.17. The van der Waals surface area contributed by atoms with Crippen LogP contribution in [0.15, 0.2) is 21.3 Å². The number of nitrogens with two attached hydrogens (primary N) is 1. The van der Waals surface area contributed by atoms with Crippen molar-refractivity contribution in [2.75, 3.05) is 6.61 Å². The summed E-state index contributed by atoms with van der Waals surface area (Å²) in [4.78, 5) is 11.9. The van der Waals surface area contributed by atoms with Crippen LogP contribution in [0.3, 0.4) is 0 Å². The zero-order valence-corrected chi connectivity index (χ0v) is 14.0. The van der Waals surface area contributed by atoms with Gasteiger partial charge >= 0.3 is 5.63 Å². The lowest BCUT2D eigenvalue weighted by molar-refractivity contribution is 0.281. The molecule has 1 heterocycles. The molecule has 0 fully saturated rings. The van der Waals surface area contributed by atoms with E-state index < -0.39 is 0 Å². The Hall–Kier alpha value is -1.81. The van der Waals surface area contributed by atoms with Crippen molar-refractivity contribution in [2.45, 2.75) is 47.1 Å². The Kier molecular flexibility index (Phi) is 4.91. The van der Waals surface area contributed by atoms with Crippen LogP contribution in [0.1, 0.15) is 37.0 Å². The Bertz CT molecular complexity index is 731. The summed E-state index contributed by atoms with van der Waals surface area (Å²) in [6, 6.07) is 4.01. The first-order chi connectivity index (χ1) is 10.3. The van der Waals surface area contributed by atoms with Crippen molar-refractivity contribution in [2.24, 2.45) is 11.7 Å². The molecule has 22 heavy (non-hydrogen) atoms. The summed E-state index contributed by atoms with van der Waals surface area (Å²) in [5.74, 6) is 1.18. The molecule has 2 aromatic rings. The van der Waals surface area contributed by atoms with Gasteiger partial charge in [-0.15, -0.1) is 0 Å².